The first-order chi connectivity index (χ1) is 13.0. The van der Waals surface area contributed by atoms with Crippen molar-refractivity contribution < 1.29 is 9.59 Å². The summed E-state index contributed by atoms with van der Waals surface area (Å²) in [5.74, 6) is -0.396. The molecule has 2 aromatic rings. The number of hydrogen-bond acceptors (Lipinski definition) is 4. The van der Waals surface area contributed by atoms with Crippen LogP contribution >= 0.6 is 11.6 Å². The molecule has 2 amide bonds. The largest absolute Gasteiger partial charge is 0.368 e. The number of nitrogens with one attached hydrogen (secondary N) is 1. The van der Waals surface area contributed by atoms with E-state index in [1.54, 1.807) is 30.3 Å². The van der Waals surface area contributed by atoms with Crippen LogP contribution in [0.15, 0.2) is 42.5 Å². The summed E-state index contributed by atoms with van der Waals surface area (Å²) in [6.45, 7) is 3.53. The number of nitrogens with zero attached hydrogens (tertiary/aromatic N) is 3. The summed E-state index contributed by atoms with van der Waals surface area (Å²) in [5.41, 5.74) is 2.63. The topological polar surface area (TPSA) is 55.9 Å². The highest BCUT2D eigenvalue weighted by Crippen LogP contribution is 2.33. The lowest BCUT2D eigenvalue weighted by atomic mass is 10.1. The molecule has 2 aliphatic heterocycles. The molecule has 0 saturated carbocycles. The van der Waals surface area contributed by atoms with E-state index in [1.165, 1.54) is 4.90 Å². The minimum Gasteiger partial charge on any atom is -0.368 e. The normalized spacial score (nSPS) is 18.1. The van der Waals surface area contributed by atoms with Crippen LogP contribution in [0.4, 0.5) is 17.1 Å². The Balaban J connectivity index is 1.76. The molecule has 0 aliphatic carbocycles. The number of benzene rings is 2. The lowest BCUT2D eigenvalue weighted by molar-refractivity contribution is -0.114. The highest BCUT2D eigenvalue weighted by atomic mass is 35.5. The van der Waals surface area contributed by atoms with Gasteiger partial charge in [-0.1, -0.05) is 17.7 Å². The molecule has 0 spiro atoms. The molecular weight excluding hydrogens is 364 g/mol. The van der Waals surface area contributed by atoms with Crippen molar-refractivity contribution in [2.75, 3.05) is 54.9 Å². The fraction of sp³-hybridized carbons (Fsp3) is 0.300. The van der Waals surface area contributed by atoms with Crippen molar-refractivity contribution in [1.82, 2.24) is 4.90 Å². The Morgan fingerprint density at radius 1 is 0.963 bits per heavy atom. The van der Waals surface area contributed by atoms with Gasteiger partial charge >= 0.3 is 0 Å². The van der Waals surface area contributed by atoms with Crippen molar-refractivity contribution in [2.24, 2.45) is 0 Å². The van der Waals surface area contributed by atoms with Crippen molar-refractivity contribution in [3.8, 4) is 0 Å². The van der Waals surface area contributed by atoms with Gasteiger partial charge in [0.2, 0.25) is 5.91 Å². The number of fused-ring (bicyclic) bond motifs is 1. The highest BCUT2D eigenvalue weighted by Gasteiger charge is 2.31. The Bertz CT molecular complexity index is 876. The number of piperazine rings is 1. The number of hydrogen-bond donors (Lipinski definition) is 1. The van der Waals surface area contributed by atoms with Gasteiger partial charge in [0, 0.05) is 36.9 Å². The predicted molar refractivity (Wildman–Crippen MR) is 108 cm³/mol. The maximum Gasteiger partial charge on any atom is 0.262 e. The Kier molecular flexibility index (Phi) is 4.76. The number of anilines is 3. The lowest BCUT2D eigenvalue weighted by Gasteiger charge is -2.35. The Hall–Kier alpha value is -2.57. The fourth-order valence-corrected chi connectivity index (χ4v) is 3.68. The first-order valence-electron chi connectivity index (χ1n) is 8.97. The molecule has 1 fully saturated rings. The minimum atomic E-state index is -0.215. The molecule has 140 valence electrons. The van der Waals surface area contributed by atoms with Gasteiger partial charge in [0.15, 0.2) is 0 Å². The minimum absolute atomic E-state index is 0.0304. The third-order valence-corrected chi connectivity index (χ3v) is 5.31. The van der Waals surface area contributed by atoms with E-state index in [9.17, 15) is 9.59 Å². The number of halogens is 1. The van der Waals surface area contributed by atoms with Gasteiger partial charge in [-0.3, -0.25) is 14.5 Å². The van der Waals surface area contributed by atoms with Gasteiger partial charge < -0.3 is 15.1 Å². The first-order valence-corrected chi connectivity index (χ1v) is 9.34. The van der Waals surface area contributed by atoms with Crippen molar-refractivity contribution in [2.45, 2.75) is 0 Å². The summed E-state index contributed by atoms with van der Waals surface area (Å²) in [6.07, 6.45) is 0. The van der Waals surface area contributed by atoms with E-state index in [-0.39, 0.29) is 18.4 Å². The number of carbonyl (C=O) groups excluding carboxylic acids is 2. The molecule has 2 aliphatic rings. The van der Waals surface area contributed by atoms with E-state index < -0.39 is 0 Å². The molecule has 0 atom stereocenters. The summed E-state index contributed by atoms with van der Waals surface area (Å²) >= 11 is 5.97. The highest BCUT2D eigenvalue weighted by molar-refractivity contribution is 6.30. The molecule has 2 heterocycles. The number of amides is 2. The molecule has 4 rings (SSSR count). The van der Waals surface area contributed by atoms with Crippen LogP contribution in [0.5, 0.6) is 0 Å². The van der Waals surface area contributed by atoms with E-state index in [4.69, 9.17) is 11.6 Å². The van der Waals surface area contributed by atoms with Crippen molar-refractivity contribution >= 4 is 40.5 Å². The van der Waals surface area contributed by atoms with Crippen molar-refractivity contribution in [3.05, 3.63) is 53.1 Å². The molecule has 6 nitrogen and oxygen atoms in total. The summed E-state index contributed by atoms with van der Waals surface area (Å²) in [6, 6.07) is 12.6. The Labute approximate surface area is 163 Å². The molecule has 7 heteroatoms. The molecule has 2 aromatic carbocycles. The third-order valence-electron chi connectivity index (χ3n) is 5.06. The molecule has 0 unspecified atom stereocenters. The summed E-state index contributed by atoms with van der Waals surface area (Å²) in [7, 11) is 2.09. The van der Waals surface area contributed by atoms with E-state index in [0.717, 1.165) is 31.9 Å². The molecule has 0 aromatic heterocycles. The molecule has 0 bridgehead atoms. The summed E-state index contributed by atoms with van der Waals surface area (Å²) in [5, 5.41) is 3.47. The second-order valence-electron chi connectivity index (χ2n) is 6.91. The second-order valence-corrected chi connectivity index (χ2v) is 7.34. The maximum atomic E-state index is 13.5. The smallest absolute Gasteiger partial charge is 0.262 e. The first kappa shape index (κ1) is 17.8. The van der Waals surface area contributed by atoms with E-state index in [1.807, 2.05) is 12.1 Å². The van der Waals surface area contributed by atoms with Gasteiger partial charge in [-0.2, -0.15) is 0 Å². The zero-order valence-corrected chi connectivity index (χ0v) is 15.9. The Morgan fingerprint density at radius 3 is 2.37 bits per heavy atom. The van der Waals surface area contributed by atoms with E-state index in [2.05, 4.69) is 22.2 Å². The van der Waals surface area contributed by atoms with Gasteiger partial charge in [-0.15, -0.1) is 0 Å². The number of likely N-dealkylation sites (N-methyl/N-ethyl adjacent to an activating group) is 1. The van der Waals surface area contributed by atoms with E-state index >= 15 is 0 Å². The molecule has 1 N–H and O–H groups in total. The average molecular weight is 385 g/mol. The fourth-order valence-electron chi connectivity index (χ4n) is 3.55. The molecular formula is C20H21ClN4O2. The summed E-state index contributed by atoms with van der Waals surface area (Å²) < 4.78 is 0. The van der Waals surface area contributed by atoms with Crippen LogP contribution in [0.1, 0.15) is 10.4 Å². The quantitative estimate of drug-likeness (QED) is 0.865. The second kappa shape index (κ2) is 7.21. The van der Waals surface area contributed by atoms with Crippen molar-refractivity contribution in [1.29, 1.82) is 0 Å². The van der Waals surface area contributed by atoms with Crippen LogP contribution < -0.4 is 15.1 Å². The zero-order valence-electron chi connectivity index (χ0n) is 15.1. The van der Waals surface area contributed by atoms with Crippen molar-refractivity contribution in [3.63, 3.8) is 0 Å². The van der Waals surface area contributed by atoms with E-state index in [0.29, 0.717) is 22.0 Å². The lowest BCUT2D eigenvalue weighted by Crippen LogP contribution is -2.45. The van der Waals surface area contributed by atoms with Crippen LogP contribution in [0.2, 0.25) is 5.02 Å². The van der Waals surface area contributed by atoms with Crippen LogP contribution in [-0.4, -0.2) is 56.5 Å². The monoisotopic (exact) mass is 384 g/mol. The van der Waals surface area contributed by atoms with Crippen LogP contribution in [0.3, 0.4) is 0 Å². The average Bonchev–Trinajstić information content (AvgIpc) is 2.79. The molecule has 27 heavy (non-hydrogen) atoms. The maximum absolute atomic E-state index is 13.5. The van der Waals surface area contributed by atoms with Crippen LogP contribution in [0, 0.1) is 0 Å². The molecule has 1 saturated heterocycles. The Morgan fingerprint density at radius 2 is 1.67 bits per heavy atom. The summed E-state index contributed by atoms with van der Waals surface area (Å²) in [4.78, 5) is 31.9. The van der Waals surface area contributed by atoms with Gasteiger partial charge in [-0.25, -0.2) is 0 Å². The van der Waals surface area contributed by atoms with Gasteiger partial charge in [-0.05, 0) is 43.4 Å². The van der Waals surface area contributed by atoms with Crippen LogP contribution in [-0.2, 0) is 4.79 Å². The van der Waals surface area contributed by atoms with Crippen LogP contribution in [0.25, 0.3) is 0 Å². The zero-order chi connectivity index (χ0) is 19.0. The number of rotatable bonds is 2. The van der Waals surface area contributed by atoms with Gasteiger partial charge in [0.05, 0.1) is 16.9 Å². The van der Waals surface area contributed by atoms with Gasteiger partial charge in [0.1, 0.15) is 6.54 Å². The molecule has 0 radical (unpaired) electrons. The predicted octanol–water partition coefficient (Wildman–Crippen LogP) is 2.69. The SMILES string of the molecule is CN1CCN(c2cccc3c2C(=O)N(c2ccc(Cl)cc2)CC(=O)N3)CC1. The third kappa shape index (κ3) is 3.50. The standard InChI is InChI=1S/C20H21ClN4O2/c1-23-9-11-24(12-10-23)17-4-2-3-16-19(17)20(27)25(13-18(26)22-16)15-7-5-14(21)6-8-15/h2-8H,9-13H2,1H3,(H,22,26). The van der Waals surface area contributed by atoms with Gasteiger partial charge in [0.25, 0.3) is 5.91 Å². The number of carbonyl (C=O) groups is 2.